The van der Waals surface area contributed by atoms with E-state index in [1.807, 2.05) is 12.1 Å². The fraction of sp³-hybridized carbons (Fsp3) is 0.300. The van der Waals surface area contributed by atoms with Gasteiger partial charge in [0.2, 0.25) is 5.91 Å². The zero-order chi connectivity index (χ0) is 20.3. The standard InChI is InChI=1S/C20H21NO6S/c1-3-27-20(23)13-7-9-14(10-8-13)28(24,25)21-19(22)17-12-11-16-15(17)5-4-6-18(16)26-2/h4-10,17H,3,11-12H2,1-2H3,(H,21,22). The second kappa shape index (κ2) is 8.02. The third-order valence-corrected chi connectivity index (χ3v) is 6.04. The molecule has 0 saturated heterocycles. The molecule has 0 bridgehead atoms. The molecule has 0 saturated carbocycles. The molecule has 1 N–H and O–H groups in total. The molecule has 2 aromatic carbocycles. The second-order valence-corrected chi connectivity index (χ2v) is 8.02. The Kier molecular flexibility index (Phi) is 5.69. The molecule has 2 aromatic rings. The van der Waals surface area contributed by atoms with Crippen LogP contribution in [-0.2, 0) is 26.0 Å². The SMILES string of the molecule is CCOC(=O)c1ccc(S(=O)(=O)NC(=O)C2CCc3c(OC)cccc32)cc1. The van der Waals surface area contributed by atoms with Crippen LogP contribution in [0.4, 0.5) is 0 Å². The Hall–Kier alpha value is -2.87. The summed E-state index contributed by atoms with van der Waals surface area (Å²) in [6.07, 6.45) is 1.16. The van der Waals surface area contributed by atoms with Gasteiger partial charge < -0.3 is 9.47 Å². The summed E-state index contributed by atoms with van der Waals surface area (Å²) in [6, 6.07) is 10.7. The second-order valence-electron chi connectivity index (χ2n) is 6.33. The third kappa shape index (κ3) is 3.87. The lowest BCUT2D eigenvalue weighted by Gasteiger charge is -2.14. The first-order valence-electron chi connectivity index (χ1n) is 8.87. The number of hydrogen-bond donors (Lipinski definition) is 1. The minimum Gasteiger partial charge on any atom is -0.496 e. The molecule has 3 rings (SSSR count). The molecule has 0 spiro atoms. The molecule has 1 unspecified atom stereocenters. The lowest BCUT2D eigenvalue weighted by molar-refractivity contribution is -0.120. The summed E-state index contributed by atoms with van der Waals surface area (Å²) in [5.41, 5.74) is 1.95. The van der Waals surface area contributed by atoms with Crippen molar-refractivity contribution in [2.45, 2.75) is 30.6 Å². The van der Waals surface area contributed by atoms with Gasteiger partial charge in [-0.2, -0.15) is 0 Å². The molecular weight excluding hydrogens is 382 g/mol. The van der Waals surface area contributed by atoms with E-state index in [0.717, 1.165) is 11.1 Å². The molecule has 148 valence electrons. The summed E-state index contributed by atoms with van der Waals surface area (Å²) >= 11 is 0. The van der Waals surface area contributed by atoms with E-state index in [-0.39, 0.29) is 17.1 Å². The summed E-state index contributed by atoms with van der Waals surface area (Å²) in [6.45, 7) is 1.91. The lowest BCUT2D eigenvalue weighted by Crippen LogP contribution is -2.34. The molecule has 0 heterocycles. The van der Waals surface area contributed by atoms with E-state index in [0.29, 0.717) is 18.6 Å². The number of methoxy groups -OCH3 is 1. The van der Waals surface area contributed by atoms with Gasteiger partial charge in [0.25, 0.3) is 10.0 Å². The number of rotatable bonds is 6. The van der Waals surface area contributed by atoms with Crippen molar-refractivity contribution in [3.8, 4) is 5.75 Å². The molecule has 8 heteroatoms. The monoisotopic (exact) mass is 403 g/mol. The molecule has 0 aromatic heterocycles. The highest BCUT2D eigenvalue weighted by molar-refractivity contribution is 7.90. The Morgan fingerprint density at radius 1 is 1.14 bits per heavy atom. The van der Waals surface area contributed by atoms with Crippen LogP contribution in [0.15, 0.2) is 47.4 Å². The minimum atomic E-state index is -4.05. The molecule has 1 aliphatic carbocycles. The highest BCUT2D eigenvalue weighted by Gasteiger charge is 2.33. The Balaban J connectivity index is 1.77. The van der Waals surface area contributed by atoms with E-state index in [4.69, 9.17) is 9.47 Å². The molecule has 1 amide bonds. The van der Waals surface area contributed by atoms with Gasteiger partial charge in [-0.3, -0.25) is 4.79 Å². The Morgan fingerprint density at radius 2 is 1.86 bits per heavy atom. The Bertz CT molecular complexity index is 998. The van der Waals surface area contributed by atoms with Crippen molar-refractivity contribution in [3.05, 3.63) is 59.2 Å². The van der Waals surface area contributed by atoms with Crippen LogP contribution in [0, 0.1) is 0 Å². The molecule has 28 heavy (non-hydrogen) atoms. The van der Waals surface area contributed by atoms with E-state index in [1.54, 1.807) is 20.1 Å². The van der Waals surface area contributed by atoms with Crippen LogP contribution in [0.2, 0.25) is 0 Å². The number of fused-ring (bicyclic) bond motifs is 1. The van der Waals surface area contributed by atoms with Crippen LogP contribution in [0.3, 0.4) is 0 Å². The van der Waals surface area contributed by atoms with Gasteiger partial charge in [0.15, 0.2) is 0 Å². The van der Waals surface area contributed by atoms with Gasteiger partial charge in [0.1, 0.15) is 5.75 Å². The van der Waals surface area contributed by atoms with Gasteiger partial charge in [-0.1, -0.05) is 12.1 Å². The van der Waals surface area contributed by atoms with Crippen LogP contribution in [0.25, 0.3) is 0 Å². The number of carbonyl (C=O) groups excluding carboxylic acids is 2. The van der Waals surface area contributed by atoms with E-state index in [9.17, 15) is 18.0 Å². The summed E-state index contributed by atoms with van der Waals surface area (Å²) < 4.78 is 37.5. The van der Waals surface area contributed by atoms with E-state index in [1.165, 1.54) is 24.3 Å². The topological polar surface area (TPSA) is 98.8 Å². The first-order valence-corrected chi connectivity index (χ1v) is 10.3. The Labute approximate surface area is 163 Å². The predicted octanol–water partition coefficient (Wildman–Crippen LogP) is 2.41. The normalized spacial score (nSPS) is 15.6. The molecule has 7 nitrogen and oxygen atoms in total. The average Bonchev–Trinajstić information content (AvgIpc) is 3.12. The number of sulfonamides is 1. The van der Waals surface area contributed by atoms with Crippen molar-refractivity contribution in [2.24, 2.45) is 0 Å². The van der Waals surface area contributed by atoms with E-state index in [2.05, 4.69) is 4.72 Å². The molecule has 0 fully saturated rings. The van der Waals surface area contributed by atoms with Crippen LogP contribution >= 0.6 is 0 Å². The van der Waals surface area contributed by atoms with Crippen molar-refractivity contribution in [2.75, 3.05) is 13.7 Å². The van der Waals surface area contributed by atoms with Gasteiger partial charge in [-0.05, 0) is 61.2 Å². The quantitative estimate of drug-likeness (QED) is 0.744. The fourth-order valence-corrected chi connectivity index (χ4v) is 4.35. The van der Waals surface area contributed by atoms with Crippen molar-refractivity contribution >= 4 is 21.9 Å². The fourth-order valence-electron chi connectivity index (χ4n) is 3.33. The van der Waals surface area contributed by atoms with Gasteiger partial charge in [0, 0.05) is 0 Å². The highest BCUT2D eigenvalue weighted by atomic mass is 32.2. The van der Waals surface area contributed by atoms with Gasteiger partial charge in [-0.15, -0.1) is 0 Å². The predicted molar refractivity (Wildman–Crippen MR) is 102 cm³/mol. The van der Waals surface area contributed by atoms with Crippen molar-refractivity contribution in [3.63, 3.8) is 0 Å². The summed E-state index contributed by atoms with van der Waals surface area (Å²) in [5.74, 6) is -0.975. The van der Waals surface area contributed by atoms with Crippen molar-refractivity contribution < 1.29 is 27.5 Å². The molecule has 0 radical (unpaired) electrons. The number of benzene rings is 2. The number of ether oxygens (including phenoxy) is 2. The molecule has 1 atom stereocenters. The smallest absolute Gasteiger partial charge is 0.338 e. The number of esters is 1. The first-order chi connectivity index (χ1) is 13.4. The van der Waals surface area contributed by atoms with Crippen LogP contribution in [-0.4, -0.2) is 34.0 Å². The Morgan fingerprint density at radius 3 is 2.50 bits per heavy atom. The third-order valence-electron chi connectivity index (χ3n) is 4.67. The number of carbonyl (C=O) groups is 2. The molecule has 0 aliphatic heterocycles. The number of hydrogen-bond acceptors (Lipinski definition) is 6. The maximum atomic E-state index is 12.7. The van der Waals surface area contributed by atoms with Crippen molar-refractivity contribution in [1.29, 1.82) is 0 Å². The number of amides is 1. The first kappa shape index (κ1) is 19.9. The zero-order valence-corrected chi connectivity index (χ0v) is 16.4. The zero-order valence-electron chi connectivity index (χ0n) is 15.6. The van der Waals surface area contributed by atoms with Crippen molar-refractivity contribution in [1.82, 2.24) is 4.72 Å². The minimum absolute atomic E-state index is 0.0993. The maximum absolute atomic E-state index is 12.7. The van der Waals surface area contributed by atoms with E-state index >= 15 is 0 Å². The van der Waals surface area contributed by atoms with E-state index < -0.39 is 27.8 Å². The lowest BCUT2D eigenvalue weighted by atomic mass is 10.0. The summed E-state index contributed by atoms with van der Waals surface area (Å²) in [5, 5.41) is 0. The largest absolute Gasteiger partial charge is 0.496 e. The average molecular weight is 403 g/mol. The van der Waals surface area contributed by atoms with Crippen LogP contribution in [0.5, 0.6) is 5.75 Å². The molecule has 1 aliphatic rings. The highest BCUT2D eigenvalue weighted by Crippen LogP contribution is 2.38. The van der Waals surface area contributed by atoms with Crippen LogP contribution < -0.4 is 9.46 Å². The number of nitrogens with one attached hydrogen (secondary N) is 1. The van der Waals surface area contributed by atoms with Gasteiger partial charge >= 0.3 is 5.97 Å². The summed E-state index contributed by atoms with van der Waals surface area (Å²) in [4.78, 5) is 24.2. The van der Waals surface area contributed by atoms with Crippen LogP contribution in [0.1, 0.15) is 40.7 Å². The summed E-state index contributed by atoms with van der Waals surface area (Å²) in [7, 11) is -2.49. The van der Waals surface area contributed by atoms with Gasteiger partial charge in [-0.25, -0.2) is 17.9 Å². The maximum Gasteiger partial charge on any atom is 0.338 e. The van der Waals surface area contributed by atoms with Gasteiger partial charge in [0.05, 0.1) is 30.1 Å². The molecular formula is C20H21NO6S.